The number of pyridine rings is 1. The second-order valence-electron chi connectivity index (χ2n) is 8.61. The van der Waals surface area contributed by atoms with Gasteiger partial charge in [0.1, 0.15) is 16.7 Å². The van der Waals surface area contributed by atoms with Gasteiger partial charge in [0, 0.05) is 56.2 Å². The molecule has 1 aromatic carbocycles. The number of nitrogens with one attached hydrogen (secondary N) is 1. The summed E-state index contributed by atoms with van der Waals surface area (Å²) in [5.74, 6) is 0.364. The quantitative estimate of drug-likeness (QED) is 0.649. The van der Waals surface area contributed by atoms with Crippen LogP contribution in [-0.2, 0) is 17.4 Å². The predicted octanol–water partition coefficient (Wildman–Crippen LogP) is 2.53. The largest absolute Gasteiger partial charge is 0.433 e. The third-order valence-corrected chi connectivity index (χ3v) is 6.43. The van der Waals surface area contributed by atoms with E-state index >= 15 is 0 Å². The number of hydrogen-bond donors (Lipinski definition) is 1. The number of carbonyl (C=O) groups is 2. The molecule has 1 unspecified atom stereocenters. The van der Waals surface area contributed by atoms with Crippen molar-refractivity contribution < 1.29 is 22.8 Å². The van der Waals surface area contributed by atoms with Crippen LogP contribution in [0.3, 0.4) is 0 Å². The highest BCUT2D eigenvalue weighted by Gasteiger charge is 2.43. The molecule has 2 aliphatic heterocycles. The highest BCUT2D eigenvalue weighted by Crippen LogP contribution is 2.32. The van der Waals surface area contributed by atoms with E-state index in [4.69, 9.17) is 0 Å². The number of aromatic amines is 1. The van der Waals surface area contributed by atoms with Gasteiger partial charge in [0.15, 0.2) is 0 Å². The van der Waals surface area contributed by atoms with Crippen LogP contribution in [0.25, 0.3) is 11.0 Å². The lowest BCUT2D eigenvalue weighted by atomic mass is 10.0. The van der Waals surface area contributed by atoms with Crippen molar-refractivity contribution in [2.75, 3.05) is 26.2 Å². The molecule has 0 saturated carbocycles. The summed E-state index contributed by atoms with van der Waals surface area (Å²) in [6.07, 6.45) is -2.74. The number of H-pyrrole nitrogens is 1. The Morgan fingerprint density at radius 2 is 1.67 bits per heavy atom. The molecule has 2 aliphatic rings. The van der Waals surface area contributed by atoms with E-state index in [1.807, 2.05) is 4.90 Å². The van der Waals surface area contributed by atoms with Crippen molar-refractivity contribution in [2.24, 2.45) is 11.8 Å². The molecule has 33 heavy (non-hydrogen) atoms. The summed E-state index contributed by atoms with van der Waals surface area (Å²) in [5, 5.41) is 10.6. The Hall–Kier alpha value is -3.50. The molecule has 2 saturated heterocycles. The Morgan fingerprint density at radius 3 is 2.33 bits per heavy atom. The monoisotopic (exact) mass is 458 g/mol. The third-order valence-electron chi connectivity index (χ3n) is 6.43. The molecule has 11 heteroatoms. The SMILES string of the molecule is O=C(CCc1ccc(C(F)(F)F)nc1)N1CC2CN(C(=O)c3ccc4n[nH]nc4c3)C[C@H]2C1. The lowest BCUT2D eigenvalue weighted by Gasteiger charge is -2.22. The van der Waals surface area contributed by atoms with Crippen molar-refractivity contribution in [1.82, 2.24) is 30.2 Å². The first-order chi connectivity index (χ1) is 15.8. The maximum absolute atomic E-state index is 12.9. The van der Waals surface area contributed by atoms with Crippen LogP contribution in [0, 0.1) is 11.8 Å². The van der Waals surface area contributed by atoms with Crippen LogP contribution in [-0.4, -0.2) is 68.2 Å². The Bertz CT molecular complexity index is 1180. The average molecular weight is 458 g/mol. The molecular weight excluding hydrogens is 437 g/mol. The van der Waals surface area contributed by atoms with Gasteiger partial charge in [0.05, 0.1) is 0 Å². The summed E-state index contributed by atoms with van der Waals surface area (Å²) in [6.45, 7) is 2.35. The molecule has 1 N–H and O–H groups in total. The lowest BCUT2D eigenvalue weighted by molar-refractivity contribution is -0.141. The molecule has 0 aliphatic carbocycles. The molecule has 2 fully saturated rings. The summed E-state index contributed by atoms with van der Waals surface area (Å²) < 4.78 is 37.9. The number of aromatic nitrogens is 4. The number of halogens is 3. The lowest BCUT2D eigenvalue weighted by Crippen LogP contribution is -2.35. The fraction of sp³-hybridized carbons (Fsp3) is 0.409. The van der Waals surface area contributed by atoms with Gasteiger partial charge in [-0.25, -0.2) is 0 Å². The number of nitrogens with zero attached hydrogens (tertiary/aromatic N) is 5. The van der Waals surface area contributed by atoms with Gasteiger partial charge in [-0.15, -0.1) is 0 Å². The van der Waals surface area contributed by atoms with E-state index < -0.39 is 11.9 Å². The number of alkyl halides is 3. The first-order valence-electron chi connectivity index (χ1n) is 10.7. The van der Waals surface area contributed by atoms with Gasteiger partial charge in [0.2, 0.25) is 5.91 Å². The molecule has 5 rings (SSSR count). The maximum atomic E-state index is 12.9. The van der Waals surface area contributed by atoms with Crippen LogP contribution in [0.1, 0.15) is 28.0 Å². The minimum Gasteiger partial charge on any atom is -0.342 e. The highest BCUT2D eigenvalue weighted by molar-refractivity contribution is 5.97. The van der Waals surface area contributed by atoms with E-state index in [1.165, 1.54) is 12.3 Å². The van der Waals surface area contributed by atoms with Crippen LogP contribution >= 0.6 is 0 Å². The van der Waals surface area contributed by atoms with Crippen LogP contribution < -0.4 is 0 Å². The second-order valence-corrected chi connectivity index (χ2v) is 8.61. The summed E-state index contributed by atoms with van der Waals surface area (Å²) in [7, 11) is 0. The number of amides is 2. The third kappa shape index (κ3) is 4.27. The number of fused-ring (bicyclic) bond motifs is 2. The number of hydrogen-bond acceptors (Lipinski definition) is 5. The van der Waals surface area contributed by atoms with Gasteiger partial charge in [-0.3, -0.25) is 14.6 Å². The number of benzene rings is 1. The van der Waals surface area contributed by atoms with Gasteiger partial charge in [-0.1, -0.05) is 6.07 Å². The van der Waals surface area contributed by atoms with Crippen molar-refractivity contribution in [2.45, 2.75) is 19.0 Å². The van der Waals surface area contributed by atoms with Crippen LogP contribution in [0.5, 0.6) is 0 Å². The van der Waals surface area contributed by atoms with Crippen LogP contribution in [0.15, 0.2) is 36.5 Å². The highest BCUT2D eigenvalue weighted by atomic mass is 19.4. The molecule has 2 atom stereocenters. The number of likely N-dealkylation sites (tertiary alicyclic amines) is 2. The van der Waals surface area contributed by atoms with Gasteiger partial charge in [-0.2, -0.15) is 28.6 Å². The Labute approximate surface area is 186 Å². The molecule has 8 nitrogen and oxygen atoms in total. The van der Waals surface area contributed by atoms with Crippen LogP contribution in [0.4, 0.5) is 13.2 Å². The molecule has 172 valence electrons. The van der Waals surface area contributed by atoms with E-state index in [-0.39, 0.29) is 30.1 Å². The number of carbonyl (C=O) groups excluding carboxylic acids is 2. The minimum atomic E-state index is -4.47. The van der Waals surface area contributed by atoms with Gasteiger partial charge >= 0.3 is 6.18 Å². The number of rotatable bonds is 4. The smallest absolute Gasteiger partial charge is 0.342 e. The van der Waals surface area contributed by atoms with E-state index in [9.17, 15) is 22.8 Å². The van der Waals surface area contributed by atoms with Crippen molar-refractivity contribution >= 4 is 22.8 Å². The summed E-state index contributed by atoms with van der Waals surface area (Å²) in [6, 6.07) is 7.53. The van der Waals surface area contributed by atoms with E-state index in [2.05, 4.69) is 20.4 Å². The zero-order valence-electron chi connectivity index (χ0n) is 17.5. The van der Waals surface area contributed by atoms with Gasteiger partial charge in [-0.05, 0) is 36.2 Å². The normalized spacial score (nSPS) is 20.5. The zero-order chi connectivity index (χ0) is 23.2. The first-order valence-corrected chi connectivity index (χ1v) is 10.7. The van der Waals surface area contributed by atoms with E-state index in [0.29, 0.717) is 54.8 Å². The van der Waals surface area contributed by atoms with Crippen molar-refractivity contribution in [3.63, 3.8) is 0 Å². The fourth-order valence-electron chi connectivity index (χ4n) is 4.67. The minimum absolute atomic E-state index is 0.0290. The van der Waals surface area contributed by atoms with E-state index in [1.54, 1.807) is 23.1 Å². The average Bonchev–Trinajstić information content (AvgIpc) is 3.50. The molecule has 0 bridgehead atoms. The summed E-state index contributed by atoms with van der Waals surface area (Å²) >= 11 is 0. The molecule has 4 heterocycles. The Morgan fingerprint density at radius 1 is 0.970 bits per heavy atom. The van der Waals surface area contributed by atoms with Crippen molar-refractivity contribution in [3.05, 3.63) is 53.3 Å². The Kier molecular flexibility index (Phi) is 5.26. The molecule has 2 amide bonds. The zero-order valence-corrected chi connectivity index (χ0v) is 17.5. The molecule has 2 aromatic heterocycles. The Balaban J connectivity index is 1.13. The summed E-state index contributed by atoms with van der Waals surface area (Å²) in [4.78, 5) is 32.6. The van der Waals surface area contributed by atoms with Crippen molar-refractivity contribution in [3.8, 4) is 0 Å². The molecule has 0 spiro atoms. The van der Waals surface area contributed by atoms with E-state index in [0.717, 1.165) is 6.07 Å². The fourth-order valence-corrected chi connectivity index (χ4v) is 4.67. The standard InChI is InChI=1S/C22H21F3N6O2/c23-22(24,25)19-5-1-13(8-26-19)2-6-20(32)30-9-15-11-31(12-16(15)10-30)21(33)14-3-4-17-18(7-14)28-29-27-17/h1,3-5,7-8,15-16H,2,6,9-12H2,(H,27,28,29)/t15-,16?/m1/s1. The first kappa shape index (κ1) is 21.4. The maximum Gasteiger partial charge on any atom is 0.433 e. The predicted molar refractivity (Wildman–Crippen MR) is 111 cm³/mol. The second kappa shape index (κ2) is 8.13. The number of aryl methyl sites for hydroxylation is 1. The summed E-state index contributed by atoms with van der Waals surface area (Å²) in [5.41, 5.74) is 1.56. The van der Waals surface area contributed by atoms with Gasteiger partial charge in [0.25, 0.3) is 5.91 Å². The molecular formula is C22H21F3N6O2. The topological polar surface area (TPSA) is 95.1 Å². The molecule has 0 radical (unpaired) electrons. The molecule has 3 aromatic rings. The van der Waals surface area contributed by atoms with Gasteiger partial charge < -0.3 is 9.80 Å². The van der Waals surface area contributed by atoms with Crippen LogP contribution in [0.2, 0.25) is 0 Å². The van der Waals surface area contributed by atoms with Crippen molar-refractivity contribution in [1.29, 1.82) is 0 Å².